The van der Waals surface area contributed by atoms with Crippen molar-refractivity contribution < 1.29 is 9.53 Å². The lowest BCUT2D eigenvalue weighted by Crippen LogP contribution is -2.45. The van der Waals surface area contributed by atoms with Crippen molar-refractivity contribution in [1.82, 2.24) is 4.90 Å². The molecule has 0 fully saturated rings. The van der Waals surface area contributed by atoms with Gasteiger partial charge >= 0.3 is 6.09 Å². The van der Waals surface area contributed by atoms with Gasteiger partial charge in [-0.3, -0.25) is 4.90 Å². The minimum Gasteiger partial charge on any atom is -0.444 e. The summed E-state index contributed by atoms with van der Waals surface area (Å²) in [6.45, 7) is 10.3. The summed E-state index contributed by atoms with van der Waals surface area (Å²) in [5, 5.41) is 0. The Hall–Kier alpha value is -0.990. The van der Waals surface area contributed by atoms with Crippen LogP contribution in [0.15, 0.2) is 12.2 Å². The van der Waals surface area contributed by atoms with Gasteiger partial charge in [0.1, 0.15) is 5.60 Å². The number of nitrogens with zero attached hydrogens (tertiary/aromatic N) is 1. The highest BCUT2D eigenvalue weighted by Crippen LogP contribution is 2.24. The van der Waals surface area contributed by atoms with Crippen LogP contribution in [0, 0.1) is 0 Å². The second-order valence-corrected chi connectivity index (χ2v) is 5.15. The molecule has 0 aromatic carbocycles. The van der Waals surface area contributed by atoms with Gasteiger partial charge < -0.3 is 4.74 Å². The number of carbonyl (C=O) groups excluding carboxylic acids is 1. The van der Waals surface area contributed by atoms with E-state index in [1.54, 1.807) is 4.90 Å². The lowest BCUT2D eigenvalue weighted by molar-refractivity contribution is 0.0164. The van der Waals surface area contributed by atoms with Gasteiger partial charge in [0.25, 0.3) is 0 Å². The van der Waals surface area contributed by atoms with Gasteiger partial charge in [-0.15, -0.1) is 0 Å². The highest BCUT2D eigenvalue weighted by atomic mass is 16.6. The number of ether oxygens (including phenoxy) is 1. The third kappa shape index (κ3) is 2.50. The second-order valence-electron chi connectivity index (χ2n) is 5.15. The summed E-state index contributed by atoms with van der Waals surface area (Å²) in [5.41, 5.74) is -0.641. The molecule has 14 heavy (non-hydrogen) atoms. The molecule has 0 saturated carbocycles. The van der Waals surface area contributed by atoms with Crippen molar-refractivity contribution in [3.63, 3.8) is 0 Å². The molecule has 0 aromatic heterocycles. The lowest BCUT2D eigenvalue weighted by atomic mass is 10.1. The van der Waals surface area contributed by atoms with Gasteiger partial charge in [0, 0.05) is 6.54 Å². The number of amides is 1. The maximum absolute atomic E-state index is 11.7. The van der Waals surface area contributed by atoms with E-state index in [4.69, 9.17) is 4.74 Å². The maximum atomic E-state index is 11.7. The van der Waals surface area contributed by atoms with Gasteiger partial charge in [-0.25, -0.2) is 4.79 Å². The van der Waals surface area contributed by atoms with Crippen molar-refractivity contribution >= 4 is 6.09 Å². The fourth-order valence-corrected chi connectivity index (χ4v) is 1.40. The van der Waals surface area contributed by atoms with E-state index in [1.165, 1.54) is 0 Å². The Bertz CT molecular complexity index is 261. The van der Waals surface area contributed by atoms with E-state index < -0.39 is 5.60 Å². The van der Waals surface area contributed by atoms with Crippen LogP contribution in [0.2, 0.25) is 0 Å². The zero-order chi connectivity index (χ0) is 11.0. The molecular weight excluding hydrogens is 178 g/mol. The molecule has 0 unspecified atom stereocenters. The molecule has 1 amide bonds. The number of rotatable bonds is 0. The van der Waals surface area contributed by atoms with Crippen molar-refractivity contribution in [3.05, 3.63) is 12.2 Å². The Morgan fingerprint density at radius 3 is 2.36 bits per heavy atom. The van der Waals surface area contributed by atoms with Crippen molar-refractivity contribution in [2.45, 2.75) is 45.8 Å². The van der Waals surface area contributed by atoms with Gasteiger partial charge in [-0.05, 0) is 34.6 Å². The van der Waals surface area contributed by atoms with Crippen LogP contribution in [0.4, 0.5) is 4.79 Å². The van der Waals surface area contributed by atoms with Crippen molar-refractivity contribution in [1.29, 1.82) is 0 Å². The molecule has 0 bridgehead atoms. The molecule has 0 saturated heterocycles. The van der Waals surface area contributed by atoms with Crippen LogP contribution in [0.1, 0.15) is 34.6 Å². The van der Waals surface area contributed by atoms with E-state index in [0.29, 0.717) is 6.54 Å². The van der Waals surface area contributed by atoms with Gasteiger partial charge in [-0.1, -0.05) is 12.2 Å². The van der Waals surface area contributed by atoms with Crippen LogP contribution in [-0.2, 0) is 4.74 Å². The number of hydrogen-bond acceptors (Lipinski definition) is 2. The summed E-state index contributed by atoms with van der Waals surface area (Å²) < 4.78 is 5.30. The molecule has 0 atom stereocenters. The summed E-state index contributed by atoms with van der Waals surface area (Å²) in [7, 11) is 0. The van der Waals surface area contributed by atoms with E-state index in [1.807, 2.05) is 46.8 Å². The van der Waals surface area contributed by atoms with Crippen LogP contribution in [0.3, 0.4) is 0 Å². The van der Waals surface area contributed by atoms with Gasteiger partial charge in [0.2, 0.25) is 0 Å². The lowest BCUT2D eigenvalue weighted by Gasteiger charge is -2.33. The van der Waals surface area contributed by atoms with Crippen LogP contribution in [-0.4, -0.2) is 28.7 Å². The SMILES string of the molecule is CC(C)(C)OC(=O)N1CC=CC1(C)C. The summed E-state index contributed by atoms with van der Waals surface area (Å²) in [6, 6.07) is 0. The Morgan fingerprint density at radius 1 is 1.43 bits per heavy atom. The molecule has 1 heterocycles. The zero-order valence-corrected chi connectivity index (χ0v) is 9.63. The summed E-state index contributed by atoms with van der Waals surface area (Å²) in [4.78, 5) is 13.5. The smallest absolute Gasteiger partial charge is 0.411 e. The van der Waals surface area contributed by atoms with Crippen molar-refractivity contribution in [2.24, 2.45) is 0 Å². The molecule has 1 aliphatic rings. The molecule has 1 aliphatic heterocycles. The first kappa shape index (κ1) is 11.1. The quantitative estimate of drug-likeness (QED) is 0.558. The third-order valence-electron chi connectivity index (χ3n) is 2.12. The topological polar surface area (TPSA) is 29.5 Å². The molecule has 0 N–H and O–H groups in total. The van der Waals surface area contributed by atoms with E-state index in [2.05, 4.69) is 0 Å². The normalized spacial score (nSPS) is 19.9. The molecule has 3 heteroatoms. The molecule has 0 radical (unpaired) electrons. The van der Waals surface area contributed by atoms with Crippen LogP contribution in [0.5, 0.6) is 0 Å². The zero-order valence-electron chi connectivity index (χ0n) is 9.63. The highest BCUT2D eigenvalue weighted by Gasteiger charge is 2.34. The van der Waals surface area contributed by atoms with Crippen LogP contribution >= 0.6 is 0 Å². The van der Waals surface area contributed by atoms with Crippen molar-refractivity contribution in [2.75, 3.05) is 6.54 Å². The monoisotopic (exact) mass is 197 g/mol. The molecule has 3 nitrogen and oxygen atoms in total. The van der Waals surface area contributed by atoms with Gasteiger partial charge in [0.15, 0.2) is 0 Å². The fraction of sp³-hybridized carbons (Fsp3) is 0.727. The third-order valence-corrected chi connectivity index (χ3v) is 2.12. The maximum Gasteiger partial charge on any atom is 0.411 e. The number of hydrogen-bond donors (Lipinski definition) is 0. The van der Waals surface area contributed by atoms with Gasteiger partial charge in [0.05, 0.1) is 5.54 Å². The molecular formula is C11H19NO2. The summed E-state index contributed by atoms with van der Waals surface area (Å²) in [6.07, 6.45) is 3.77. The number of carbonyl (C=O) groups is 1. The first-order chi connectivity index (χ1) is 6.22. The Morgan fingerprint density at radius 2 is 2.00 bits per heavy atom. The average molecular weight is 197 g/mol. The van der Waals surface area contributed by atoms with Crippen molar-refractivity contribution in [3.8, 4) is 0 Å². The van der Waals surface area contributed by atoms with E-state index in [-0.39, 0.29) is 11.6 Å². The first-order valence-electron chi connectivity index (χ1n) is 4.91. The largest absolute Gasteiger partial charge is 0.444 e. The second kappa shape index (κ2) is 3.30. The highest BCUT2D eigenvalue weighted by molar-refractivity contribution is 5.70. The van der Waals surface area contributed by atoms with Gasteiger partial charge in [-0.2, -0.15) is 0 Å². The predicted molar refractivity (Wildman–Crippen MR) is 56.2 cm³/mol. The van der Waals surface area contributed by atoms with E-state index >= 15 is 0 Å². The molecule has 0 spiro atoms. The molecule has 80 valence electrons. The Kier molecular flexibility index (Phi) is 2.61. The molecule has 0 aromatic rings. The fourth-order valence-electron chi connectivity index (χ4n) is 1.40. The standard InChI is InChI=1S/C11H19NO2/c1-10(2,3)14-9(13)12-8-6-7-11(12,4)5/h6-7H,8H2,1-5H3. The summed E-state index contributed by atoms with van der Waals surface area (Å²) in [5.74, 6) is 0. The predicted octanol–water partition coefficient (Wildman–Crippen LogP) is 2.57. The van der Waals surface area contributed by atoms with Crippen LogP contribution in [0.25, 0.3) is 0 Å². The van der Waals surface area contributed by atoms with Crippen LogP contribution < -0.4 is 0 Å². The Labute approximate surface area is 85.7 Å². The van der Waals surface area contributed by atoms with E-state index in [0.717, 1.165) is 0 Å². The minimum atomic E-state index is -0.421. The molecule has 1 rings (SSSR count). The summed E-state index contributed by atoms with van der Waals surface area (Å²) >= 11 is 0. The van der Waals surface area contributed by atoms with E-state index in [9.17, 15) is 4.79 Å². The Balaban J connectivity index is 2.64. The first-order valence-corrected chi connectivity index (χ1v) is 4.91. The minimum absolute atomic E-state index is 0.220. The molecule has 0 aliphatic carbocycles. The average Bonchev–Trinajstić information content (AvgIpc) is 2.25.